The highest BCUT2D eigenvalue weighted by Gasteiger charge is 2.23. The van der Waals surface area contributed by atoms with Gasteiger partial charge in [0.1, 0.15) is 16.5 Å². The van der Waals surface area contributed by atoms with E-state index in [0.717, 1.165) is 16.4 Å². The molecule has 156 valence electrons. The van der Waals surface area contributed by atoms with Crippen molar-refractivity contribution in [1.82, 2.24) is 4.31 Å². The van der Waals surface area contributed by atoms with Crippen LogP contribution in [0.3, 0.4) is 0 Å². The summed E-state index contributed by atoms with van der Waals surface area (Å²) in [4.78, 5) is 23.2. The zero-order chi connectivity index (χ0) is 21.6. The molecule has 2 aromatic carbocycles. The molecule has 1 N–H and O–H groups in total. The van der Waals surface area contributed by atoms with Crippen molar-refractivity contribution in [2.75, 3.05) is 32.6 Å². The first kappa shape index (κ1) is 22.3. The van der Waals surface area contributed by atoms with Crippen molar-refractivity contribution in [2.45, 2.75) is 11.8 Å². The van der Waals surface area contributed by atoms with Crippen molar-refractivity contribution in [1.29, 1.82) is 0 Å². The van der Waals surface area contributed by atoms with E-state index in [1.165, 1.54) is 26.2 Å². The van der Waals surface area contributed by atoms with Gasteiger partial charge in [-0.15, -0.1) is 0 Å². The van der Waals surface area contributed by atoms with Crippen LogP contribution in [0.25, 0.3) is 0 Å². The fourth-order valence-corrected chi connectivity index (χ4v) is 3.23. The molecule has 8 nitrogen and oxygen atoms in total. The summed E-state index contributed by atoms with van der Waals surface area (Å²) >= 11 is 0. The van der Waals surface area contributed by atoms with E-state index < -0.39 is 32.6 Å². The Labute approximate surface area is 168 Å². The van der Waals surface area contributed by atoms with Crippen LogP contribution in [0.15, 0.2) is 47.4 Å². The summed E-state index contributed by atoms with van der Waals surface area (Å²) in [5, 5.41) is 2.57. The number of carbonyl (C=O) groups excluding carboxylic acids is 2. The molecule has 0 aliphatic rings. The largest absolute Gasteiger partial charge is 0.482 e. The number of hydrogen-bond donors (Lipinski definition) is 1. The molecule has 0 fully saturated rings. The fraction of sp³-hybridized carbons (Fsp3) is 0.263. The first-order valence-corrected chi connectivity index (χ1v) is 10.0. The maximum atomic E-state index is 14.0. The topological polar surface area (TPSA) is 102 Å². The summed E-state index contributed by atoms with van der Waals surface area (Å²) in [5.41, 5.74) is 0.308. The van der Waals surface area contributed by atoms with Gasteiger partial charge in [0.25, 0.3) is 5.91 Å². The molecule has 0 heterocycles. The molecule has 2 aromatic rings. The highest BCUT2D eigenvalue weighted by molar-refractivity contribution is 7.89. The Bertz CT molecular complexity index is 1010. The molecule has 0 atom stereocenters. The molecule has 10 heteroatoms. The summed E-state index contributed by atoms with van der Waals surface area (Å²) in [7, 11) is -1.51. The van der Waals surface area contributed by atoms with Gasteiger partial charge in [-0.3, -0.25) is 4.79 Å². The highest BCUT2D eigenvalue weighted by Crippen LogP contribution is 2.21. The Balaban J connectivity index is 2.17. The normalized spacial score (nSPS) is 11.2. The summed E-state index contributed by atoms with van der Waals surface area (Å²) < 4.78 is 49.3. The second-order valence-electron chi connectivity index (χ2n) is 6.01. The average molecular weight is 424 g/mol. The average Bonchev–Trinajstić information content (AvgIpc) is 2.67. The quantitative estimate of drug-likeness (QED) is 0.653. The molecular weight excluding hydrogens is 403 g/mol. The zero-order valence-electron chi connectivity index (χ0n) is 16.1. The monoisotopic (exact) mass is 424 g/mol. The van der Waals surface area contributed by atoms with Gasteiger partial charge in [-0.1, -0.05) is 6.07 Å². The molecule has 0 saturated heterocycles. The number of rotatable bonds is 8. The van der Waals surface area contributed by atoms with Crippen LogP contribution in [0.4, 0.5) is 10.1 Å². The third kappa shape index (κ3) is 5.75. The molecule has 0 bridgehead atoms. The Morgan fingerprint density at radius 2 is 1.86 bits per heavy atom. The van der Waals surface area contributed by atoms with Gasteiger partial charge < -0.3 is 14.8 Å². The second-order valence-corrected chi connectivity index (χ2v) is 8.13. The van der Waals surface area contributed by atoms with Gasteiger partial charge in [-0.2, -0.15) is 0 Å². The molecular formula is C19H21FN2O6S. The van der Waals surface area contributed by atoms with Gasteiger partial charge in [-0.05, 0) is 37.3 Å². The summed E-state index contributed by atoms with van der Waals surface area (Å²) in [6.45, 7) is 1.63. The number of ether oxygens (including phenoxy) is 2. The first-order chi connectivity index (χ1) is 13.6. The third-order valence-electron chi connectivity index (χ3n) is 3.71. The number of benzene rings is 2. The number of nitrogens with one attached hydrogen (secondary N) is 1. The lowest BCUT2D eigenvalue weighted by atomic mass is 10.2. The molecule has 0 aliphatic carbocycles. The lowest BCUT2D eigenvalue weighted by Gasteiger charge is -2.13. The van der Waals surface area contributed by atoms with E-state index in [2.05, 4.69) is 5.32 Å². The van der Waals surface area contributed by atoms with Gasteiger partial charge in [0.15, 0.2) is 6.61 Å². The number of amides is 1. The van der Waals surface area contributed by atoms with Crippen molar-refractivity contribution in [3.8, 4) is 5.75 Å². The number of nitrogens with zero attached hydrogens (tertiary/aromatic N) is 1. The lowest BCUT2D eigenvalue weighted by Crippen LogP contribution is -2.24. The molecule has 1 amide bonds. The number of carbonyl (C=O) groups is 2. The van der Waals surface area contributed by atoms with E-state index in [9.17, 15) is 22.4 Å². The van der Waals surface area contributed by atoms with Gasteiger partial charge in [-0.25, -0.2) is 21.9 Å². The fourth-order valence-electron chi connectivity index (χ4n) is 2.25. The van der Waals surface area contributed by atoms with Crippen molar-refractivity contribution in [2.24, 2.45) is 0 Å². The van der Waals surface area contributed by atoms with E-state index in [0.29, 0.717) is 11.4 Å². The van der Waals surface area contributed by atoms with Crippen LogP contribution < -0.4 is 10.1 Å². The number of anilines is 1. The molecule has 29 heavy (non-hydrogen) atoms. The molecule has 0 unspecified atom stereocenters. The minimum atomic E-state index is -4.05. The maximum Gasteiger partial charge on any atom is 0.344 e. The zero-order valence-corrected chi connectivity index (χ0v) is 17.0. The van der Waals surface area contributed by atoms with Crippen molar-refractivity contribution >= 4 is 27.6 Å². The molecule has 2 rings (SSSR count). The number of halogens is 1. The van der Waals surface area contributed by atoms with Crippen molar-refractivity contribution in [3.63, 3.8) is 0 Å². The Kier molecular flexibility index (Phi) is 7.29. The molecule has 0 spiro atoms. The minimum Gasteiger partial charge on any atom is -0.482 e. The van der Waals surface area contributed by atoms with E-state index in [4.69, 9.17) is 9.47 Å². The smallest absolute Gasteiger partial charge is 0.344 e. The van der Waals surface area contributed by atoms with Crippen LogP contribution in [-0.4, -0.2) is 51.9 Å². The Morgan fingerprint density at radius 3 is 2.52 bits per heavy atom. The van der Waals surface area contributed by atoms with E-state index >= 15 is 0 Å². The minimum absolute atomic E-state index is 0.0373. The number of esters is 1. The Hall–Kier alpha value is -2.98. The third-order valence-corrected chi connectivity index (χ3v) is 5.54. The van der Waals surface area contributed by atoms with Crippen LogP contribution in [0, 0.1) is 5.82 Å². The predicted octanol–water partition coefficient (Wildman–Crippen LogP) is 2.27. The van der Waals surface area contributed by atoms with Crippen LogP contribution in [0.2, 0.25) is 0 Å². The van der Waals surface area contributed by atoms with Gasteiger partial charge >= 0.3 is 5.97 Å². The number of sulfonamides is 1. The maximum absolute atomic E-state index is 14.0. The first-order valence-electron chi connectivity index (χ1n) is 8.57. The van der Waals surface area contributed by atoms with E-state index in [-0.39, 0.29) is 18.8 Å². The number of hydrogen-bond acceptors (Lipinski definition) is 6. The standard InChI is InChI=1S/C19H21FN2O6S/c1-4-27-18(23)12-28-15-7-5-6-14(11-15)21-19(24)13-8-9-16(20)17(10-13)29(25,26)22(2)3/h5-11H,4,12H2,1-3H3,(H,21,24). The van der Waals surface area contributed by atoms with E-state index in [1.807, 2.05) is 0 Å². The summed E-state index contributed by atoms with van der Waals surface area (Å²) in [5.74, 6) is -1.79. The highest BCUT2D eigenvalue weighted by atomic mass is 32.2. The molecule has 0 saturated carbocycles. The van der Waals surface area contributed by atoms with E-state index in [1.54, 1.807) is 25.1 Å². The Morgan fingerprint density at radius 1 is 1.14 bits per heavy atom. The van der Waals surface area contributed by atoms with Crippen molar-refractivity contribution in [3.05, 3.63) is 53.8 Å². The molecule has 0 aliphatic heterocycles. The molecule has 0 radical (unpaired) electrons. The van der Waals surface area contributed by atoms with Crippen LogP contribution in [-0.2, 0) is 19.6 Å². The van der Waals surface area contributed by atoms with Gasteiger partial charge in [0.05, 0.1) is 6.61 Å². The SMILES string of the molecule is CCOC(=O)COc1cccc(NC(=O)c2ccc(F)c(S(=O)(=O)N(C)C)c2)c1. The van der Waals surface area contributed by atoms with Gasteiger partial charge in [0.2, 0.25) is 10.0 Å². The summed E-state index contributed by atoms with van der Waals surface area (Å²) in [6.07, 6.45) is 0. The molecule has 0 aromatic heterocycles. The van der Waals surface area contributed by atoms with Crippen molar-refractivity contribution < 1.29 is 31.9 Å². The summed E-state index contributed by atoms with van der Waals surface area (Å²) in [6, 6.07) is 9.33. The van der Waals surface area contributed by atoms with Crippen LogP contribution >= 0.6 is 0 Å². The van der Waals surface area contributed by atoms with Crippen LogP contribution in [0.5, 0.6) is 5.75 Å². The predicted molar refractivity (Wildman–Crippen MR) is 104 cm³/mol. The van der Waals surface area contributed by atoms with Gasteiger partial charge in [0, 0.05) is 31.4 Å². The second kappa shape index (κ2) is 9.48. The van der Waals surface area contributed by atoms with Crippen LogP contribution in [0.1, 0.15) is 17.3 Å². The lowest BCUT2D eigenvalue weighted by molar-refractivity contribution is -0.145.